The van der Waals surface area contributed by atoms with Crippen molar-refractivity contribution >= 4 is 5.97 Å². The number of ether oxygens (including phenoxy) is 1. The van der Waals surface area contributed by atoms with E-state index < -0.39 is 0 Å². The fraction of sp³-hybridized carbons (Fsp3) is 0.455. The zero-order valence-electron chi connectivity index (χ0n) is 8.45. The van der Waals surface area contributed by atoms with E-state index in [0.717, 1.165) is 18.5 Å². The lowest BCUT2D eigenvalue weighted by Crippen LogP contribution is -2.29. The smallest absolute Gasteiger partial charge is 0.335 e. The van der Waals surface area contributed by atoms with Crippen LogP contribution in [0.3, 0.4) is 0 Å². The molecule has 0 unspecified atom stereocenters. The van der Waals surface area contributed by atoms with Crippen LogP contribution in [0.1, 0.15) is 6.42 Å². The van der Waals surface area contributed by atoms with Crippen molar-refractivity contribution in [1.29, 1.82) is 0 Å². The first kappa shape index (κ1) is 10.8. The molecule has 0 fully saturated rings. The summed E-state index contributed by atoms with van der Waals surface area (Å²) < 4.78 is 4.98. The third-order valence-corrected chi connectivity index (χ3v) is 2.05. The highest BCUT2D eigenvalue weighted by Crippen LogP contribution is 2.08. The van der Waals surface area contributed by atoms with Gasteiger partial charge in [-0.3, -0.25) is 0 Å². The second kappa shape index (κ2) is 5.43. The van der Waals surface area contributed by atoms with Crippen molar-refractivity contribution in [3.63, 3.8) is 0 Å². The molecule has 0 aromatic heterocycles. The average molecular weight is 193 g/mol. The fourth-order valence-corrected chi connectivity index (χ4v) is 1.31. The van der Waals surface area contributed by atoms with Crippen molar-refractivity contribution < 1.29 is 9.53 Å². The van der Waals surface area contributed by atoms with E-state index in [9.17, 15) is 4.79 Å². The van der Waals surface area contributed by atoms with E-state index >= 15 is 0 Å². The second-order valence-electron chi connectivity index (χ2n) is 3.26. The first-order chi connectivity index (χ1) is 6.74. The topological polar surface area (TPSA) is 29.5 Å². The summed E-state index contributed by atoms with van der Waals surface area (Å²) in [6.07, 6.45) is 4.45. The maximum Gasteiger partial charge on any atom is 0.335 e. The quantitative estimate of drug-likeness (QED) is 0.497. The normalized spacial score (nSPS) is 16.8. The predicted octanol–water partition coefficient (Wildman–Crippen LogP) is 1.13. The molecule has 1 aliphatic rings. The third-order valence-electron chi connectivity index (χ3n) is 2.05. The summed E-state index contributed by atoms with van der Waals surface area (Å²) in [5, 5.41) is 0. The summed E-state index contributed by atoms with van der Waals surface area (Å²) in [5.41, 5.74) is 3.30. The zero-order chi connectivity index (χ0) is 10.4. The number of hydrogen-bond donors (Lipinski definition) is 0. The number of carbonyl (C=O) groups excluding carboxylic acids is 1. The Hall–Kier alpha value is -1.31. The minimum absolute atomic E-state index is 0.233. The summed E-state index contributed by atoms with van der Waals surface area (Å²) in [4.78, 5) is 13.5. The first-order valence-electron chi connectivity index (χ1n) is 4.63. The molecule has 0 aromatic carbocycles. The van der Waals surface area contributed by atoms with Crippen LogP contribution >= 0.6 is 0 Å². The van der Waals surface area contributed by atoms with Gasteiger partial charge in [-0.25, -0.2) is 4.79 Å². The van der Waals surface area contributed by atoms with Crippen LogP contribution in [-0.4, -0.2) is 37.6 Å². The molecule has 1 aliphatic heterocycles. The van der Waals surface area contributed by atoms with Crippen molar-refractivity contribution in [2.75, 3.05) is 26.7 Å². The van der Waals surface area contributed by atoms with Crippen LogP contribution in [0, 0.1) is 0 Å². The van der Waals surface area contributed by atoms with Crippen LogP contribution in [-0.2, 0) is 9.53 Å². The summed E-state index contributed by atoms with van der Waals surface area (Å²) in [6.45, 7) is 5.32. The van der Waals surface area contributed by atoms with Crippen molar-refractivity contribution in [3.05, 3.63) is 30.0 Å². The molecular formula is C11H15NO2. The second-order valence-corrected chi connectivity index (χ2v) is 3.26. The van der Waals surface area contributed by atoms with Crippen LogP contribution < -0.4 is 0 Å². The molecule has 1 rings (SSSR count). The number of nitrogens with zero attached hydrogens (tertiary/aromatic N) is 1. The Balaban J connectivity index is 2.43. The van der Waals surface area contributed by atoms with Crippen LogP contribution in [0.2, 0.25) is 0 Å². The van der Waals surface area contributed by atoms with E-state index in [0.29, 0.717) is 6.54 Å². The van der Waals surface area contributed by atoms with Crippen molar-refractivity contribution in [2.45, 2.75) is 6.42 Å². The lowest BCUT2D eigenvalue weighted by atomic mass is 10.1. The molecule has 0 bridgehead atoms. The lowest BCUT2D eigenvalue weighted by molar-refractivity contribution is -0.138. The Labute approximate surface area is 84.3 Å². The van der Waals surface area contributed by atoms with Gasteiger partial charge in [0.25, 0.3) is 0 Å². The van der Waals surface area contributed by atoms with Crippen LogP contribution in [0.25, 0.3) is 0 Å². The summed E-state index contributed by atoms with van der Waals surface area (Å²) in [7, 11) is 1.99. The predicted molar refractivity (Wildman–Crippen MR) is 54.9 cm³/mol. The SMILES string of the molecule is C=C=CCOC(=O)C1=CCCN(C)C1. The standard InChI is InChI=1S/C11H15NO2/c1-3-4-8-14-11(13)10-6-5-7-12(2)9-10/h4,6H,1,5,7-9H2,2H3. The highest BCUT2D eigenvalue weighted by atomic mass is 16.5. The fourth-order valence-electron chi connectivity index (χ4n) is 1.31. The molecule has 0 saturated carbocycles. The van der Waals surface area contributed by atoms with Gasteiger partial charge in [0.2, 0.25) is 0 Å². The molecule has 0 atom stereocenters. The van der Waals surface area contributed by atoms with Gasteiger partial charge >= 0.3 is 5.97 Å². The molecule has 0 N–H and O–H groups in total. The number of likely N-dealkylation sites (N-methyl/N-ethyl adjacent to an activating group) is 1. The Morgan fingerprint density at radius 2 is 2.64 bits per heavy atom. The zero-order valence-corrected chi connectivity index (χ0v) is 8.45. The molecular weight excluding hydrogens is 178 g/mol. The molecule has 0 spiro atoms. The van der Waals surface area contributed by atoms with Gasteiger partial charge in [0.1, 0.15) is 6.61 Å². The van der Waals surface area contributed by atoms with E-state index in [4.69, 9.17) is 4.74 Å². The van der Waals surface area contributed by atoms with Gasteiger partial charge in [-0.05, 0) is 19.5 Å². The number of hydrogen-bond acceptors (Lipinski definition) is 3. The molecule has 0 aliphatic carbocycles. The number of esters is 1. The molecule has 1 heterocycles. The van der Waals surface area contributed by atoms with Gasteiger partial charge in [-0.1, -0.05) is 12.7 Å². The average Bonchev–Trinajstić information content (AvgIpc) is 2.18. The highest BCUT2D eigenvalue weighted by Gasteiger charge is 2.15. The molecule has 0 amide bonds. The number of rotatable bonds is 3. The largest absolute Gasteiger partial charge is 0.457 e. The van der Waals surface area contributed by atoms with Gasteiger partial charge in [-0.2, -0.15) is 0 Å². The monoisotopic (exact) mass is 193 g/mol. The Morgan fingerprint density at radius 1 is 1.86 bits per heavy atom. The van der Waals surface area contributed by atoms with Crippen LogP contribution in [0.15, 0.2) is 30.0 Å². The Morgan fingerprint density at radius 3 is 3.29 bits per heavy atom. The minimum atomic E-state index is -0.233. The van der Waals surface area contributed by atoms with Crippen molar-refractivity contribution in [2.24, 2.45) is 0 Å². The van der Waals surface area contributed by atoms with E-state index in [1.807, 2.05) is 13.1 Å². The third kappa shape index (κ3) is 3.21. The van der Waals surface area contributed by atoms with Gasteiger partial charge in [0.15, 0.2) is 0 Å². The molecule has 76 valence electrons. The molecule has 14 heavy (non-hydrogen) atoms. The van der Waals surface area contributed by atoms with Crippen LogP contribution in [0.4, 0.5) is 0 Å². The van der Waals surface area contributed by atoms with Gasteiger partial charge in [0.05, 0.1) is 0 Å². The minimum Gasteiger partial charge on any atom is -0.457 e. The summed E-state index contributed by atoms with van der Waals surface area (Å²) in [6, 6.07) is 0. The molecule has 3 heteroatoms. The van der Waals surface area contributed by atoms with E-state index in [-0.39, 0.29) is 12.6 Å². The molecule has 0 aromatic rings. The molecule has 0 radical (unpaired) electrons. The molecule has 3 nitrogen and oxygen atoms in total. The number of carbonyl (C=O) groups is 1. The Bertz CT molecular complexity index is 288. The Kier molecular flexibility index (Phi) is 4.17. The van der Waals surface area contributed by atoms with E-state index in [1.54, 1.807) is 6.08 Å². The van der Waals surface area contributed by atoms with Crippen molar-refractivity contribution in [1.82, 2.24) is 4.90 Å². The van der Waals surface area contributed by atoms with Crippen LogP contribution in [0.5, 0.6) is 0 Å². The van der Waals surface area contributed by atoms with E-state index in [2.05, 4.69) is 17.2 Å². The maximum atomic E-state index is 11.4. The lowest BCUT2D eigenvalue weighted by Gasteiger charge is -2.21. The summed E-state index contributed by atoms with van der Waals surface area (Å²) in [5.74, 6) is -0.233. The van der Waals surface area contributed by atoms with Gasteiger partial charge < -0.3 is 9.64 Å². The maximum absolute atomic E-state index is 11.4. The molecule has 0 saturated heterocycles. The van der Waals surface area contributed by atoms with Gasteiger partial charge in [-0.15, -0.1) is 5.73 Å². The van der Waals surface area contributed by atoms with Crippen molar-refractivity contribution in [3.8, 4) is 0 Å². The summed E-state index contributed by atoms with van der Waals surface area (Å²) >= 11 is 0. The van der Waals surface area contributed by atoms with E-state index in [1.165, 1.54) is 0 Å². The first-order valence-corrected chi connectivity index (χ1v) is 4.63. The highest BCUT2D eigenvalue weighted by molar-refractivity contribution is 5.89. The van der Waals surface area contributed by atoms with Gasteiger partial charge in [0, 0.05) is 18.7 Å².